The predicted molar refractivity (Wildman–Crippen MR) is 79.6 cm³/mol. The number of carbonyl (C=O) groups is 1. The first-order chi connectivity index (χ1) is 9.49. The molecule has 0 spiro atoms. The van der Waals surface area contributed by atoms with Crippen LogP contribution in [0, 0.1) is 13.8 Å². The Hall–Kier alpha value is -1.94. The molecular formula is C16H16O3S. The smallest absolute Gasteiger partial charge is 0.175 e. The zero-order valence-electron chi connectivity index (χ0n) is 11.4. The van der Waals surface area contributed by atoms with Gasteiger partial charge in [0.05, 0.1) is 16.6 Å². The third-order valence-corrected chi connectivity index (χ3v) is 4.40. The monoisotopic (exact) mass is 288 g/mol. The molecule has 0 radical (unpaired) electrons. The van der Waals surface area contributed by atoms with Gasteiger partial charge >= 0.3 is 0 Å². The van der Waals surface area contributed by atoms with Crippen LogP contribution in [-0.4, -0.2) is 20.9 Å². The van der Waals surface area contributed by atoms with Crippen LogP contribution in [-0.2, 0) is 10.8 Å². The van der Waals surface area contributed by atoms with Crippen molar-refractivity contribution >= 4 is 16.6 Å². The Kier molecular flexibility index (Phi) is 4.35. The Bertz CT molecular complexity index is 640. The van der Waals surface area contributed by atoms with E-state index < -0.39 is 10.8 Å². The summed E-state index contributed by atoms with van der Waals surface area (Å²) in [6.45, 7) is 3.49. The molecule has 20 heavy (non-hydrogen) atoms. The number of aromatic hydroxyl groups is 1. The van der Waals surface area contributed by atoms with Gasteiger partial charge in [-0.1, -0.05) is 18.2 Å². The molecule has 0 saturated carbocycles. The van der Waals surface area contributed by atoms with E-state index in [0.29, 0.717) is 21.6 Å². The summed E-state index contributed by atoms with van der Waals surface area (Å²) < 4.78 is 12.1. The molecule has 0 heterocycles. The topological polar surface area (TPSA) is 54.4 Å². The fraction of sp³-hybridized carbons (Fsp3) is 0.188. The molecule has 1 N–H and O–H groups in total. The third-order valence-electron chi connectivity index (χ3n) is 3.08. The van der Waals surface area contributed by atoms with E-state index in [1.807, 2.05) is 6.07 Å². The van der Waals surface area contributed by atoms with Gasteiger partial charge in [-0.15, -0.1) is 0 Å². The van der Waals surface area contributed by atoms with Crippen molar-refractivity contribution in [3.63, 3.8) is 0 Å². The predicted octanol–water partition coefficient (Wildman–Crippen LogP) is 3.00. The molecule has 2 aromatic rings. The first-order valence-corrected chi connectivity index (χ1v) is 7.58. The van der Waals surface area contributed by atoms with Gasteiger partial charge in [-0.3, -0.25) is 9.00 Å². The highest BCUT2D eigenvalue weighted by atomic mass is 32.2. The van der Waals surface area contributed by atoms with Gasteiger partial charge in [-0.25, -0.2) is 0 Å². The first kappa shape index (κ1) is 14.5. The van der Waals surface area contributed by atoms with Crippen molar-refractivity contribution in [3.05, 3.63) is 59.2 Å². The van der Waals surface area contributed by atoms with Crippen LogP contribution in [0.25, 0.3) is 0 Å². The normalized spacial score (nSPS) is 12.1. The lowest BCUT2D eigenvalue weighted by molar-refractivity contribution is 0.102. The number of ketones is 1. The number of rotatable bonds is 4. The Labute approximate surface area is 120 Å². The number of phenolic OH excluding ortho intramolecular Hbond substituents is 1. The number of Topliss-reactive ketones (excluding diaryl/α,β-unsaturated/α-hetero) is 1. The maximum Gasteiger partial charge on any atom is 0.175 e. The minimum absolute atomic E-state index is 0.0479. The van der Waals surface area contributed by atoms with Gasteiger partial charge in [0.25, 0.3) is 0 Å². The van der Waals surface area contributed by atoms with Crippen LogP contribution < -0.4 is 0 Å². The van der Waals surface area contributed by atoms with E-state index in [2.05, 4.69) is 0 Å². The second kappa shape index (κ2) is 6.01. The van der Waals surface area contributed by atoms with Gasteiger partial charge in [0.2, 0.25) is 0 Å². The second-order valence-corrected chi connectivity index (χ2v) is 6.14. The van der Waals surface area contributed by atoms with Gasteiger partial charge < -0.3 is 5.11 Å². The summed E-state index contributed by atoms with van der Waals surface area (Å²) in [4.78, 5) is 12.8. The molecular weight excluding hydrogens is 272 g/mol. The largest absolute Gasteiger partial charge is 0.507 e. The number of aryl methyl sites for hydroxylation is 2. The van der Waals surface area contributed by atoms with Crippen molar-refractivity contribution in [1.82, 2.24) is 0 Å². The quantitative estimate of drug-likeness (QED) is 0.880. The minimum atomic E-state index is -1.34. The van der Waals surface area contributed by atoms with E-state index in [-0.39, 0.29) is 17.3 Å². The van der Waals surface area contributed by atoms with Gasteiger partial charge in [0.1, 0.15) is 5.75 Å². The molecule has 1 atom stereocenters. The molecule has 0 aliphatic heterocycles. The molecule has 0 aliphatic carbocycles. The Morgan fingerprint density at radius 1 is 1.10 bits per heavy atom. The van der Waals surface area contributed by atoms with Gasteiger partial charge in [0.15, 0.2) is 5.78 Å². The second-order valence-electron chi connectivity index (χ2n) is 4.68. The molecule has 2 aromatic carbocycles. The Morgan fingerprint density at radius 2 is 1.65 bits per heavy atom. The summed E-state index contributed by atoms with van der Waals surface area (Å²) in [6, 6.07) is 12.2. The zero-order valence-corrected chi connectivity index (χ0v) is 12.2. The number of carbonyl (C=O) groups excluding carboxylic acids is 1. The van der Waals surface area contributed by atoms with Crippen LogP contribution >= 0.6 is 0 Å². The number of phenols is 1. The van der Waals surface area contributed by atoms with Crippen molar-refractivity contribution in [2.24, 2.45) is 0 Å². The Balaban J connectivity index is 2.19. The molecule has 0 saturated heterocycles. The van der Waals surface area contributed by atoms with Crippen molar-refractivity contribution < 1.29 is 14.1 Å². The molecule has 2 rings (SSSR count). The maximum atomic E-state index is 12.2. The highest BCUT2D eigenvalue weighted by Crippen LogP contribution is 2.23. The average molecular weight is 288 g/mol. The van der Waals surface area contributed by atoms with E-state index in [0.717, 1.165) is 0 Å². The molecule has 1 unspecified atom stereocenters. The summed E-state index contributed by atoms with van der Waals surface area (Å²) in [6.07, 6.45) is 0. The first-order valence-electron chi connectivity index (χ1n) is 6.26. The number of hydrogen-bond acceptors (Lipinski definition) is 3. The molecule has 0 aromatic heterocycles. The average Bonchev–Trinajstić information content (AvgIpc) is 2.45. The lowest BCUT2D eigenvalue weighted by Crippen LogP contribution is -2.11. The molecule has 104 valence electrons. The highest BCUT2D eigenvalue weighted by Gasteiger charge is 2.14. The third kappa shape index (κ3) is 3.14. The van der Waals surface area contributed by atoms with E-state index in [9.17, 15) is 14.1 Å². The van der Waals surface area contributed by atoms with E-state index in [4.69, 9.17) is 0 Å². The summed E-state index contributed by atoms with van der Waals surface area (Å²) in [5, 5.41) is 9.70. The van der Waals surface area contributed by atoms with Crippen molar-refractivity contribution in [2.75, 3.05) is 5.75 Å². The summed E-state index contributed by atoms with van der Waals surface area (Å²) in [7, 11) is -1.34. The van der Waals surface area contributed by atoms with Crippen LogP contribution in [0.2, 0.25) is 0 Å². The summed E-state index contributed by atoms with van der Waals surface area (Å²) in [5.41, 5.74) is 1.79. The standard InChI is InChI=1S/C16H16O3S/c1-11-8-13(9-12(2)16(11)18)15(17)10-20(19)14-6-4-3-5-7-14/h3-9,18H,10H2,1-2H3. The summed E-state index contributed by atoms with van der Waals surface area (Å²) >= 11 is 0. The molecule has 3 nitrogen and oxygen atoms in total. The van der Waals surface area contributed by atoms with E-state index in [1.165, 1.54) is 0 Å². The van der Waals surface area contributed by atoms with Crippen LogP contribution in [0.1, 0.15) is 21.5 Å². The molecule has 0 amide bonds. The van der Waals surface area contributed by atoms with E-state index in [1.54, 1.807) is 50.2 Å². The molecule has 0 aliphatic rings. The number of benzene rings is 2. The zero-order chi connectivity index (χ0) is 14.7. The van der Waals surface area contributed by atoms with Gasteiger partial charge in [0, 0.05) is 10.5 Å². The minimum Gasteiger partial charge on any atom is -0.507 e. The van der Waals surface area contributed by atoms with E-state index >= 15 is 0 Å². The molecule has 0 fully saturated rings. The van der Waals surface area contributed by atoms with Crippen molar-refractivity contribution in [2.45, 2.75) is 18.7 Å². The lowest BCUT2D eigenvalue weighted by atomic mass is 10.0. The van der Waals surface area contributed by atoms with Crippen molar-refractivity contribution in [3.8, 4) is 5.75 Å². The molecule has 0 bridgehead atoms. The highest BCUT2D eigenvalue weighted by molar-refractivity contribution is 7.85. The fourth-order valence-electron chi connectivity index (χ4n) is 1.97. The van der Waals surface area contributed by atoms with Crippen LogP contribution in [0.4, 0.5) is 0 Å². The molecule has 4 heteroatoms. The SMILES string of the molecule is Cc1cc(C(=O)CS(=O)c2ccccc2)cc(C)c1O. The summed E-state index contributed by atoms with van der Waals surface area (Å²) in [5.74, 6) is -0.0302. The van der Waals surface area contributed by atoms with Gasteiger partial charge in [-0.05, 0) is 49.2 Å². The fourth-order valence-corrected chi connectivity index (χ4v) is 3.01. The van der Waals surface area contributed by atoms with Crippen LogP contribution in [0.5, 0.6) is 5.75 Å². The van der Waals surface area contributed by atoms with Crippen LogP contribution in [0.15, 0.2) is 47.4 Å². The number of hydrogen-bond donors (Lipinski definition) is 1. The lowest BCUT2D eigenvalue weighted by Gasteiger charge is -2.07. The Morgan fingerprint density at radius 3 is 2.20 bits per heavy atom. The maximum absolute atomic E-state index is 12.2. The van der Waals surface area contributed by atoms with Crippen molar-refractivity contribution in [1.29, 1.82) is 0 Å². The van der Waals surface area contributed by atoms with Crippen LogP contribution in [0.3, 0.4) is 0 Å². The van der Waals surface area contributed by atoms with Gasteiger partial charge in [-0.2, -0.15) is 0 Å².